The highest BCUT2D eigenvalue weighted by molar-refractivity contribution is 5.86. The van der Waals surface area contributed by atoms with Crippen LogP contribution < -0.4 is 0 Å². The van der Waals surface area contributed by atoms with Gasteiger partial charge < -0.3 is 4.74 Å². The molecule has 1 atom stereocenters. The number of rotatable bonds is 3. The predicted octanol–water partition coefficient (Wildman–Crippen LogP) is 3.12. The van der Waals surface area contributed by atoms with Crippen LogP contribution in [0, 0.1) is 0 Å². The van der Waals surface area contributed by atoms with Gasteiger partial charge in [0.2, 0.25) is 0 Å². The minimum atomic E-state index is -0.454. The van der Waals surface area contributed by atoms with Crippen LogP contribution in [0.15, 0.2) is 42.5 Å². The van der Waals surface area contributed by atoms with Gasteiger partial charge in [0.1, 0.15) is 6.10 Å². The first-order valence-electron chi connectivity index (χ1n) is 5.24. The Morgan fingerprint density at radius 1 is 1.12 bits per heavy atom. The molecular formula is C14H14O2. The van der Waals surface area contributed by atoms with Gasteiger partial charge in [-0.2, -0.15) is 0 Å². The molecule has 0 amide bonds. The molecule has 16 heavy (non-hydrogen) atoms. The van der Waals surface area contributed by atoms with Crippen LogP contribution in [0.2, 0.25) is 0 Å². The number of carbonyl (C=O) groups is 1. The predicted molar refractivity (Wildman–Crippen MR) is 64.4 cm³/mol. The van der Waals surface area contributed by atoms with Gasteiger partial charge in [-0.25, -0.2) is 0 Å². The van der Waals surface area contributed by atoms with Gasteiger partial charge >= 0.3 is 0 Å². The summed E-state index contributed by atoms with van der Waals surface area (Å²) in [5, 5.41) is 2.30. The van der Waals surface area contributed by atoms with Gasteiger partial charge in [0.05, 0.1) is 0 Å². The van der Waals surface area contributed by atoms with Crippen LogP contribution in [0.25, 0.3) is 10.8 Å². The Morgan fingerprint density at radius 2 is 1.81 bits per heavy atom. The molecule has 0 aliphatic heterocycles. The molecule has 2 heteroatoms. The first kappa shape index (κ1) is 10.8. The highest BCUT2D eigenvalue weighted by Gasteiger charge is 2.15. The molecule has 1 unspecified atom stereocenters. The Hall–Kier alpha value is -1.67. The maximum Gasteiger partial charge on any atom is 0.163 e. The lowest BCUT2D eigenvalue weighted by atomic mass is 10.0. The molecule has 0 spiro atoms. The number of methoxy groups -OCH3 is 1. The topological polar surface area (TPSA) is 26.3 Å². The van der Waals surface area contributed by atoms with Gasteiger partial charge in [-0.1, -0.05) is 36.4 Å². The summed E-state index contributed by atoms with van der Waals surface area (Å²) in [4.78, 5) is 11.4. The Bertz CT molecular complexity index is 517. The summed E-state index contributed by atoms with van der Waals surface area (Å²) in [7, 11) is 1.56. The number of Topliss-reactive ketones (excluding diaryl/α,β-unsaturated/α-hetero) is 1. The van der Waals surface area contributed by atoms with Crippen molar-refractivity contribution in [2.24, 2.45) is 0 Å². The number of fused-ring (bicyclic) bond motifs is 1. The van der Waals surface area contributed by atoms with Crippen molar-refractivity contribution < 1.29 is 9.53 Å². The second-order valence-corrected chi connectivity index (χ2v) is 3.83. The maximum atomic E-state index is 11.4. The van der Waals surface area contributed by atoms with E-state index < -0.39 is 6.10 Å². The first-order valence-corrected chi connectivity index (χ1v) is 5.24. The normalized spacial score (nSPS) is 12.6. The average Bonchev–Trinajstić information content (AvgIpc) is 2.29. The average molecular weight is 214 g/mol. The Balaban J connectivity index is 2.49. The van der Waals surface area contributed by atoms with Crippen molar-refractivity contribution >= 4 is 16.6 Å². The molecular weight excluding hydrogens is 200 g/mol. The summed E-state index contributed by atoms with van der Waals surface area (Å²) in [6, 6.07) is 14.0. The summed E-state index contributed by atoms with van der Waals surface area (Å²) >= 11 is 0. The van der Waals surface area contributed by atoms with Gasteiger partial charge in [-0.05, 0) is 29.3 Å². The molecule has 0 fully saturated rings. The molecule has 2 rings (SSSR count). The van der Waals surface area contributed by atoms with Crippen molar-refractivity contribution in [3.63, 3.8) is 0 Å². The summed E-state index contributed by atoms with van der Waals surface area (Å²) < 4.78 is 5.20. The number of hydrogen-bond acceptors (Lipinski definition) is 2. The van der Waals surface area contributed by atoms with E-state index in [0.717, 1.165) is 10.9 Å². The highest BCUT2D eigenvalue weighted by Crippen LogP contribution is 2.22. The fourth-order valence-electron chi connectivity index (χ4n) is 1.91. The van der Waals surface area contributed by atoms with Crippen molar-refractivity contribution in [3.05, 3.63) is 48.0 Å². The Morgan fingerprint density at radius 3 is 2.44 bits per heavy atom. The molecule has 0 saturated carbocycles. The smallest absolute Gasteiger partial charge is 0.163 e. The van der Waals surface area contributed by atoms with Gasteiger partial charge in [0.15, 0.2) is 5.78 Å². The summed E-state index contributed by atoms with van der Waals surface area (Å²) in [6.07, 6.45) is -0.454. The van der Waals surface area contributed by atoms with Crippen LogP contribution >= 0.6 is 0 Å². The monoisotopic (exact) mass is 214 g/mol. The van der Waals surface area contributed by atoms with Crippen molar-refractivity contribution in [2.75, 3.05) is 7.11 Å². The summed E-state index contributed by atoms with van der Waals surface area (Å²) in [5.41, 5.74) is 0.911. The number of ether oxygens (including phenoxy) is 1. The second kappa shape index (κ2) is 4.45. The van der Waals surface area contributed by atoms with Crippen molar-refractivity contribution in [1.82, 2.24) is 0 Å². The summed E-state index contributed by atoms with van der Waals surface area (Å²) in [5.74, 6) is 0.0257. The third kappa shape index (κ3) is 1.97. The second-order valence-electron chi connectivity index (χ2n) is 3.83. The van der Waals surface area contributed by atoms with E-state index in [4.69, 9.17) is 4.74 Å². The lowest BCUT2D eigenvalue weighted by molar-refractivity contribution is -0.126. The fourth-order valence-corrected chi connectivity index (χ4v) is 1.91. The third-order valence-electron chi connectivity index (χ3n) is 2.68. The molecule has 0 N–H and O–H groups in total. The standard InChI is InChI=1S/C14H14O2/c1-10(15)14(16-2)13-8-7-11-5-3-4-6-12(11)9-13/h3-9,14H,1-2H3. The van der Waals surface area contributed by atoms with Crippen molar-refractivity contribution in [3.8, 4) is 0 Å². The largest absolute Gasteiger partial charge is 0.369 e. The van der Waals surface area contributed by atoms with Crippen LogP contribution in [-0.4, -0.2) is 12.9 Å². The molecule has 2 aromatic rings. The fraction of sp³-hybridized carbons (Fsp3) is 0.214. The van der Waals surface area contributed by atoms with E-state index in [1.807, 2.05) is 36.4 Å². The zero-order valence-electron chi connectivity index (χ0n) is 9.44. The van der Waals surface area contributed by atoms with Crippen LogP contribution in [0.3, 0.4) is 0 Å². The van der Waals surface area contributed by atoms with E-state index >= 15 is 0 Å². The minimum Gasteiger partial charge on any atom is -0.369 e. The van der Waals surface area contributed by atoms with E-state index in [-0.39, 0.29) is 5.78 Å². The molecule has 0 bridgehead atoms. The van der Waals surface area contributed by atoms with Crippen LogP contribution in [-0.2, 0) is 9.53 Å². The first-order chi connectivity index (χ1) is 7.72. The quantitative estimate of drug-likeness (QED) is 0.784. The molecule has 0 radical (unpaired) electrons. The lowest BCUT2D eigenvalue weighted by Crippen LogP contribution is -2.10. The van der Waals surface area contributed by atoms with E-state index in [9.17, 15) is 4.79 Å². The third-order valence-corrected chi connectivity index (χ3v) is 2.68. The lowest BCUT2D eigenvalue weighted by Gasteiger charge is -2.12. The van der Waals surface area contributed by atoms with E-state index in [0.29, 0.717) is 0 Å². The molecule has 0 saturated heterocycles. The number of ketones is 1. The van der Waals surface area contributed by atoms with Crippen molar-refractivity contribution in [2.45, 2.75) is 13.0 Å². The molecule has 0 aliphatic carbocycles. The zero-order valence-corrected chi connectivity index (χ0v) is 9.44. The zero-order chi connectivity index (χ0) is 11.5. The van der Waals surface area contributed by atoms with E-state index in [2.05, 4.69) is 6.07 Å². The van der Waals surface area contributed by atoms with Gasteiger partial charge in [-0.15, -0.1) is 0 Å². The molecule has 0 aliphatic rings. The van der Waals surface area contributed by atoms with Crippen LogP contribution in [0.5, 0.6) is 0 Å². The minimum absolute atomic E-state index is 0.0257. The van der Waals surface area contributed by atoms with Gasteiger partial charge in [0, 0.05) is 7.11 Å². The SMILES string of the molecule is COC(C(C)=O)c1ccc2ccccc2c1. The Kier molecular flexibility index (Phi) is 3.02. The van der Waals surface area contributed by atoms with E-state index in [1.165, 1.54) is 5.39 Å². The van der Waals surface area contributed by atoms with Gasteiger partial charge in [-0.3, -0.25) is 4.79 Å². The molecule has 2 aromatic carbocycles. The van der Waals surface area contributed by atoms with Crippen LogP contribution in [0.1, 0.15) is 18.6 Å². The molecule has 0 heterocycles. The number of carbonyl (C=O) groups excluding carboxylic acids is 1. The molecule has 2 nitrogen and oxygen atoms in total. The maximum absolute atomic E-state index is 11.4. The van der Waals surface area contributed by atoms with Gasteiger partial charge in [0.25, 0.3) is 0 Å². The number of benzene rings is 2. The molecule has 82 valence electrons. The highest BCUT2D eigenvalue weighted by atomic mass is 16.5. The number of hydrogen-bond donors (Lipinski definition) is 0. The van der Waals surface area contributed by atoms with E-state index in [1.54, 1.807) is 14.0 Å². The Labute approximate surface area is 94.8 Å². The molecule has 0 aromatic heterocycles. The van der Waals surface area contributed by atoms with Crippen molar-refractivity contribution in [1.29, 1.82) is 0 Å². The van der Waals surface area contributed by atoms with Crippen LogP contribution in [0.4, 0.5) is 0 Å². The summed E-state index contributed by atoms with van der Waals surface area (Å²) in [6.45, 7) is 1.54.